The molecule has 0 fully saturated rings. The van der Waals surface area contributed by atoms with Crippen molar-refractivity contribution >= 4 is 23.7 Å². The molecule has 3 amide bonds. The number of ketones is 1. The second-order valence-electron chi connectivity index (χ2n) is 8.06. The summed E-state index contributed by atoms with van der Waals surface area (Å²) in [5.41, 5.74) is 1.37. The average molecular weight is 457 g/mol. The molecule has 2 heterocycles. The van der Waals surface area contributed by atoms with Crippen LogP contribution in [-0.2, 0) is 38.6 Å². The standard InChI is InChI=1S/C22H27N5O6/c1-13(2)18(25-22(31)32-12-14-7-4-3-5-8-14)20(29)24-16-11-17-15(26-27-33-17)9-6-10-23-21(30)19(16)28/h3-5,7-8,13,16,18H,6,9-12H2,1-2H3,(H,23,30)(H,24,29)(H,25,31). The van der Waals surface area contributed by atoms with Crippen molar-refractivity contribution in [3.05, 3.63) is 47.3 Å². The highest BCUT2D eigenvalue weighted by Gasteiger charge is 2.33. The molecule has 0 aliphatic carbocycles. The van der Waals surface area contributed by atoms with Gasteiger partial charge in [-0.1, -0.05) is 44.2 Å². The van der Waals surface area contributed by atoms with Gasteiger partial charge < -0.3 is 25.2 Å². The minimum Gasteiger partial charge on any atom is -0.445 e. The summed E-state index contributed by atoms with van der Waals surface area (Å²) in [4.78, 5) is 50.2. The number of alkyl carbamates (subject to hydrolysis) is 1. The number of fused-ring (bicyclic) bond motifs is 1. The number of hydrogen-bond donors (Lipinski definition) is 3. The highest BCUT2D eigenvalue weighted by Crippen LogP contribution is 2.13. The summed E-state index contributed by atoms with van der Waals surface area (Å²) in [5, 5.41) is 15.1. The Kier molecular flexibility index (Phi) is 8.11. The first-order valence-electron chi connectivity index (χ1n) is 10.7. The molecule has 11 nitrogen and oxygen atoms in total. The van der Waals surface area contributed by atoms with E-state index in [1.165, 1.54) is 0 Å². The molecule has 0 bridgehead atoms. The predicted octanol–water partition coefficient (Wildman–Crippen LogP) is 0.679. The summed E-state index contributed by atoms with van der Waals surface area (Å²) < 4.78 is 10.3. The number of ether oxygens (including phenoxy) is 1. The highest BCUT2D eigenvalue weighted by molar-refractivity contribution is 6.38. The number of amides is 3. The Morgan fingerprint density at radius 2 is 2.00 bits per heavy atom. The second kappa shape index (κ2) is 11.2. The zero-order chi connectivity index (χ0) is 23.8. The highest BCUT2D eigenvalue weighted by atomic mass is 16.5. The van der Waals surface area contributed by atoms with Gasteiger partial charge in [-0.2, -0.15) is 0 Å². The fourth-order valence-corrected chi connectivity index (χ4v) is 3.36. The van der Waals surface area contributed by atoms with Crippen LogP contribution in [0, 0.1) is 5.92 Å². The minimum absolute atomic E-state index is 0.0433. The summed E-state index contributed by atoms with van der Waals surface area (Å²) in [7, 11) is 0. The van der Waals surface area contributed by atoms with Crippen molar-refractivity contribution in [1.82, 2.24) is 26.3 Å². The molecule has 0 saturated carbocycles. The molecule has 176 valence electrons. The van der Waals surface area contributed by atoms with Crippen LogP contribution in [0.4, 0.5) is 4.79 Å². The van der Waals surface area contributed by atoms with E-state index in [0.29, 0.717) is 24.3 Å². The van der Waals surface area contributed by atoms with E-state index in [9.17, 15) is 19.2 Å². The lowest BCUT2D eigenvalue weighted by Gasteiger charge is -2.24. The normalized spacial score (nSPS) is 17.5. The Morgan fingerprint density at radius 3 is 2.73 bits per heavy atom. The molecule has 2 aromatic rings. The molecule has 1 aliphatic rings. The van der Waals surface area contributed by atoms with Gasteiger partial charge >= 0.3 is 6.09 Å². The van der Waals surface area contributed by atoms with Gasteiger partial charge in [0.05, 0.1) is 0 Å². The monoisotopic (exact) mass is 457 g/mol. The van der Waals surface area contributed by atoms with Crippen LogP contribution in [0.5, 0.6) is 0 Å². The van der Waals surface area contributed by atoms with E-state index >= 15 is 0 Å². The predicted molar refractivity (Wildman–Crippen MR) is 115 cm³/mol. The number of benzene rings is 1. The molecular formula is C22H27N5O6. The van der Waals surface area contributed by atoms with Gasteiger partial charge in [-0.25, -0.2) is 4.79 Å². The van der Waals surface area contributed by atoms with E-state index in [1.807, 2.05) is 30.3 Å². The molecule has 11 heteroatoms. The molecule has 2 unspecified atom stereocenters. The maximum Gasteiger partial charge on any atom is 0.408 e. The molecule has 3 rings (SSSR count). The lowest BCUT2D eigenvalue weighted by Crippen LogP contribution is -2.56. The Morgan fingerprint density at radius 1 is 1.24 bits per heavy atom. The third-order valence-corrected chi connectivity index (χ3v) is 5.19. The zero-order valence-corrected chi connectivity index (χ0v) is 18.5. The van der Waals surface area contributed by atoms with Gasteiger partial charge in [-0.05, 0) is 24.3 Å². The van der Waals surface area contributed by atoms with Crippen molar-refractivity contribution in [2.75, 3.05) is 6.54 Å². The Hall–Kier alpha value is -3.76. The Labute approximate surface area is 190 Å². The van der Waals surface area contributed by atoms with Crippen molar-refractivity contribution in [2.45, 2.75) is 51.8 Å². The SMILES string of the molecule is CC(C)C(NC(=O)OCc1ccccc1)C(=O)NC1Cc2onnc2CCCNC(=O)C1=O. The molecule has 0 radical (unpaired) electrons. The zero-order valence-electron chi connectivity index (χ0n) is 18.5. The minimum atomic E-state index is -1.20. The van der Waals surface area contributed by atoms with Crippen molar-refractivity contribution in [1.29, 1.82) is 0 Å². The molecule has 1 aromatic heterocycles. The summed E-state index contributed by atoms with van der Waals surface area (Å²) in [5.74, 6) is -2.23. The summed E-state index contributed by atoms with van der Waals surface area (Å²) in [6.45, 7) is 3.80. The quantitative estimate of drug-likeness (QED) is 0.536. The summed E-state index contributed by atoms with van der Waals surface area (Å²) in [6.07, 6.45) is 0.229. The van der Waals surface area contributed by atoms with Crippen molar-refractivity contribution < 1.29 is 28.4 Å². The fourth-order valence-electron chi connectivity index (χ4n) is 3.36. The smallest absolute Gasteiger partial charge is 0.408 e. The van der Waals surface area contributed by atoms with Gasteiger partial charge in [0, 0.05) is 18.2 Å². The van der Waals surface area contributed by atoms with Crippen LogP contribution in [0.15, 0.2) is 34.9 Å². The van der Waals surface area contributed by atoms with E-state index in [1.54, 1.807) is 13.8 Å². The van der Waals surface area contributed by atoms with E-state index in [4.69, 9.17) is 9.26 Å². The number of nitrogens with one attached hydrogen (secondary N) is 3. The van der Waals surface area contributed by atoms with Crippen molar-refractivity contribution in [3.63, 3.8) is 0 Å². The number of carbonyl (C=O) groups excluding carboxylic acids is 4. The molecule has 2 atom stereocenters. The number of carbonyl (C=O) groups is 4. The van der Waals surface area contributed by atoms with Crippen molar-refractivity contribution in [2.24, 2.45) is 5.92 Å². The first-order chi connectivity index (χ1) is 15.8. The van der Waals surface area contributed by atoms with Crippen LogP contribution < -0.4 is 16.0 Å². The average Bonchev–Trinajstić information content (AvgIpc) is 3.24. The summed E-state index contributed by atoms with van der Waals surface area (Å²) >= 11 is 0. The van der Waals surface area contributed by atoms with Gasteiger partial charge in [0.2, 0.25) is 11.7 Å². The number of aryl methyl sites for hydroxylation is 1. The van der Waals surface area contributed by atoms with E-state index in [-0.39, 0.29) is 25.5 Å². The first-order valence-corrected chi connectivity index (χ1v) is 10.7. The topological polar surface area (TPSA) is 153 Å². The van der Waals surface area contributed by atoms with Gasteiger partial charge in [0.25, 0.3) is 5.91 Å². The van der Waals surface area contributed by atoms with Gasteiger partial charge in [0.15, 0.2) is 5.76 Å². The lowest BCUT2D eigenvalue weighted by atomic mass is 9.99. The van der Waals surface area contributed by atoms with E-state index < -0.39 is 35.8 Å². The van der Waals surface area contributed by atoms with E-state index in [0.717, 1.165) is 5.56 Å². The van der Waals surface area contributed by atoms with Gasteiger partial charge in [-0.15, -0.1) is 5.10 Å². The molecule has 3 N–H and O–H groups in total. The molecule has 0 saturated heterocycles. The number of aromatic nitrogens is 2. The fraction of sp³-hybridized carbons (Fsp3) is 0.455. The van der Waals surface area contributed by atoms with Crippen molar-refractivity contribution in [3.8, 4) is 0 Å². The maximum absolute atomic E-state index is 13.0. The third kappa shape index (κ3) is 6.61. The van der Waals surface area contributed by atoms with Crippen LogP contribution in [0.1, 0.15) is 37.3 Å². The molecule has 1 aliphatic heterocycles. The Bertz CT molecular complexity index is 990. The summed E-state index contributed by atoms with van der Waals surface area (Å²) in [6, 6.07) is 6.91. The maximum atomic E-state index is 13.0. The third-order valence-electron chi connectivity index (χ3n) is 5.19. The van der Waals surface area contributed by atoms with Gasteiger partial charge in [0.1, 0.15) is 24.4 Å². The van der Waals surface area contributed by atoms with Crippen LogP contribution in [-0.4, -0.2) is 52.7 Å². The largest absolute Gasteiger partial charge is 0.445 e. The van der Waals surface area contributed by atoms with Crippen LogP contribution in [0.25, 0.3) is 0 Å². The molecule has 0 spiro atoms. The second-order valence-corrected chi connectivity index (χ2v) is 8.06. The Balaban J connectivity index is 1.67. The molecular weight excluding hydrogens is 430 g/mol. The van der Waals surface area contributed by atoms with Crippen LogP contribution in [0.3, 0.4) is 0 Å². The van der Waals surface area contributed by atoms with E-state index in [2.05, 4.69) is 26.3 Å². The number of nitrogens with zero attached hydrogens (tertiary/aromatic N) is 2. The van der Waals surface area contributed by atoms with Gasteiger partial charge in [-0.3, -0.25) is 14.4 Å². The molecule has 33 heavy (non-hydrogen) atoms. The first kappa shape index (κ1) is 23.9. The lowest BCUT2D eigenvalue weighted by molar-refractivity contribution is -0.140. The number of hydrogen-bond acceptors (Lipinski definition) is 8. The van der Waals surface area contributed by atoms with Crippen LogP contribution >= 0.6 is 0 Å². The van der Waals surface area contributed by atoms with Crippen LogP contribution in [0.2, 0.25) is 0 Å². The number of Topliss-reactive ketones (excluding diaryl/α,β-unsaturated/α-hetero) is 1. The number of rotatable bonds is 6. The molecule has 1 aromatic carbocycles.